The smallest absolute Gasteiger partial charge is 0.239 e. The number of carbonyl (C=O) groups excluding carboxylic acids is 1. The SMILES string of the molecule is N#Cc1ccsc1NC(=O)CN1CCCC1CN1CCCC1CO. The molecular weight excluding hydrogens is 324 g/mol. The molecule has 2 fully saturated rings. The third-order valence-electron chi connectivity index (χ3n) is 5.04. The lowest BCUT2D eigenvalue weighted by molar-refractivity contribution is -0.117. The minimum atomic E-state index is -0.0546. The predicted molar refractivity (Wildman–Crippen MR) is 93.9 cm³/mol. The minimum Gasteiger partial charge on any atom is -0.395 e. The van der Waals surface area contributed by atoms with Crippen molar-refractivity contribution < 1.29 is 9.90 Å². The molecule has 1 amide bonds. The summed E-state index contributed by atoms with van der Waals surface area (Å²) in [6.07, 6.45) is 4.43. The van der Waals surface area contributed by atoms with Crippen molar-refractivity contribution in [3.8, 4) is 6.07 Å². The molecule has 0 aromatic carbocycles. The highest BCUT2D eigenvalue weighted by molar-refractivity contribution is 7.14. The molecule has 2 N–H and O–H groups in total. The Kier molecular flexibility index (Phi) is 5.85. The maximum absolute atomic E-state index is 12.3. The van der Waals surface area contributed by atoms with E-state index in [9.17, 15) is 9.90 Å². The zero-order chi connectivity index (χ0) is 16.9. The van der Waals surface area contributed by atoms with E-state index in [4.69, 9.17) is 5.26 Å². The van der Waals surface area contributed by atoms with Crippen molar-refractivity contribution in [2.24, 2.45) is 0 Å². The van der Waals surface area contributed by atoms with Gasteiger partial charge in [-0.05, 0) is 50.2 Å². The molecule has 2 aliphatic heterocycles. The Morgan fingerprint density at radius 3 is 2.83 bits per heavy atom. The number of hydrogen-bond acceptors (Lipinski definition) is 6. The molecule has 2 atom stereocenters. The summed E-state index contributed by atoms with van der Waals surface area (Å²) in [5.41, 5.74) is 0.522. The first kappa shape index (κ1) is 17.4. The molecule has 0 spiro atoms. The highest BCUT2D eigenvalue weighted by Gasteiger charge is 2.32. The number of carbonyl (C=O) groups is 1. The van der Waals surface area contributed by atoms with Crippen LogP contribution in [-0.2, 0) is 4.79 Å². The molecule has 7 heteroatoms. The van der Waals surface area contributed by atoms with Crippen LogP contribution in [0.5, 0.6) is 0 Å². The highest BCUT2D eigenvalue weighted by Crippen LogP contribution is 2.24. The molecule has 0 saturated carbocycles. The number of aliphatic hydroxyl groups is 1. The van der Waals surface area contributed by atoms with E-state index in [-0.39, 0.29) is 18.6 Å². The van der Waals surface area contributed by atoms with Gasteiger partial charge in [0.1, 0.15) is 11.1 Å². The van der Waals surface area contributed by atoms with Crippen molar-refractivity contribution in [1.82, 2.24) is 9.80 Å². The molecule has 0 radical (unpaired) electrons. The topological polar surface area (TPSA) is 79.6 Å². The Balaban J connectivity index is 1.54. The Morgan fingerprint density at radius 1 is 1.33 bits per heavy atom. The summed E-state index contributed by atoms with van der Waals surface area (Å²) in [6.45, 7) is 3.50. The van der Waals surface area contributed by atoms with E-state index < -0.39 is 0 Å². The molecule has 130 valence electrons. The predicted octanol–water partition coefficient (Wildman–Crippen LogP) is 1.48. The lowest BCUT2D eigenvalue weighted by Gasteiger charge is -2.30. The van der Waals surface area contributed by atoms with Gasteiger partial charge < -0.3 is 10.4 Å². The van der Waals surface area contributed by atoms with Gasteiger partial charge in [-0.3, -0.25) is 14.6 Å². The van der Waals surface area contributed by atoms with Crippen LogP contribution in [0.4, 0.5) is 5.00 Å². The minimum absolute atomic E-state index is 0.0546. The van der Waals surface area contributed by atoms with Gasteiger partial charge in [0.25, 0.3) is 0 Å². The average Bonchev–Trinajstić information content (AvgIpc) is 3.29. The van der Waals surface area contributed by atoms with E-state index in [0.717, 1.165) is 45.3 Å². The maximum atomic E-state index is 12.3. The number of nitrogens with zero attached hydrogens (tertiary/aromatic N) is 3. The number of amides is 1. The van der Waals surface area contributed by atoms with Crippen LogP contribution in [0.25, 0.3) is 0 Å². The number of nitriles is 1. The van der Waals surface area contributed by atoms with E-state index >= 15 is 0 Å². The van der Waals surface area contributed by atoms with E-state index in [1.54, 1.807) is 6.07 Å². The van der Waals surface area contributed by atoms with E-state index in [0.29, 0.717) is 23.2 Å². The van der Waals surface area contributed by atoms with Gasteiger partial charge in [0.2, 0.25) is 5.91 Å². The molecule has 6 nitrogen and oxygen atoms in total. The zero-order valence-electron chi connectivity index (χ0n) is 13.8. The molecule has 3 heterocycles. The van der Waals surface area contributed by atoms with Gasteiger partial charge >= 0.3 is 0 Å². The fourth-order valence-corrected chi connectivity index (χ4v) is 4.52. The summed E-state index contributed by atoms with van der Waals surface area (Å²) in [6, 6.07) is 4.48. The highest BCUT2D eigenvalue weighted by atomic mass is 32.1. The Morgan fingerprint density at radius 2 is 2.08 bits per heavy atom. The molecular formula is C17H24N4O2S. The van der Waals surface area contributed by atoms with Crippen LogP contribution in [0.15, 0.2) is 11.4 Å². The van der Waals surface area contributed by atoms with Crippen molar-refractivity contribution in [1.29, 1.82) is 5.26 Å². The lowest BCUT2D eigenvalue weighted by atomic mass is 10.2. The summed E-state index contributed by atoms with van der Waals surface area (Å²) in [4.78, 5) is 16.9. The Hall–Kier alpha value is -1.46. The summed E-state index contributed by atoms with van der Waals surface area (Å²) in [7, 11) is 0. The monoisotopic (exact) mass is 348 g/mol. The van der Waals surface area contributed by atoms with Gasteiger partial charge in [-0.15, -0.1) is 11.3 Å². The third-order valence-corrected chi connectivity index (χ3v) is 5.87. The maximum Gasteiger partial charge on any atom is 0.239 e. The quantitative estimate of drug-likeness (QED) is 0.814. The van der Waals surface area contributed by atoms with Crippen LogP contribution >= 0.6 is 11.3 Å². The summed E-state index contributed by atoms with van der Waals surface area (Å²) in [5.74, 6) is -0.0546. The number of aliphatic hydroxyl groups excluding tert-OH is 1. The van der Waals surface area contributed by atoms with Crippen molar-refractivity contribution in [3.63, 3.8) is 0 Å². The van der Waals surface area contributed by atoms with Gasteiger partial charge in [-0.1, -0.05) is 0 Å². The van der Waals surface area contributed by atoms with Crippen molar-refractivity contribution in [2.45, 2.75) is 37.8 Å². The number of nitrogens with one attached hydrogen (secondary N) is 1. The first-order chi connectivity index (χ1) is 11.7. The fourth-order valence-electron chi connectivity index (χ4n) is 3.77. The molecule has 1 aromatic heterocycles. The number of hydrogen-bond donors (Lipinski definition) is 2. The van der Waals surface area contributed by atoms with Crippen LogP contribution in [0.3, 0.4) is 0 Å². The lowest BCUT2D eigenvalue weighted by Crippen LogP contribution is -2.45. The van der Waals surface area contributed by atoms with Crippen molar-refractivity contribution >= 4 is 22.2 Å². The Labute approximate surface area is 146 Å². The van der Waals surface area contributed by atoms with Crippen LogP contribution < -0.4 is 5.32 Å². The molecule has 2 unspecified atom stereocenters. The number of rotatable bonds is 6. The Bertz CT molecular complexity index is 612. The molecule has 0 aliphatic carbocycles. The zero-order valence-corrected chi connectivity index (χ0v) is 14.6. The second-order valence-corrected chi connectivity index (χ2v) is 7.48. The summed E-state index contributed by atoms with van der Waals surface area (Å²) < 4.78 is 0. The molecule has 1 aromatic rings. The second-order valence-electron chi connectivity index (χ2n) is 6.56. The molecule has 2 saturated heterocycles. The third kappa shape index (κ3) is 3.95. The largest absolute Gasteiger partial charge is 0.395 e. The second kappa shape index (κ2) is 8.08. The normalized spacial score (nSPS) is 25.0. The van der Waals surface area contributed by atoms with E-state index in [1.165, 1.54) is 11.3 Å². The van der Waals surface area contributed by atoms with Crippen LogP contribution in [0.2, 0.25) is 0 Å². The standard InChI is InChI=1S/C17H24N4O2S/c18-9-13-5-8-24-17(13)19-16(23)11-21-7-1-3-14(21)10-20-6-2-4-15(20)12-22/h5,8,14-15,22H,1-4,6-7,10-12H2,(H,19,23). The van der Waals surface area contributed by atoms with Crippen LogP contribution in [0, 0.1) is 11.3 Å². The molecule has 3 rings (SSSR count). The van der Waals surface area contributed by atoms with Crippen molar-refractivity contribution in [2.75, 3.05) is 38.1 Å². The number of likely N-dealkylation sites (tertiary alicyclic amines) is 2. The van der Waals surface area contributed by atoms with Crippen LogP contribution in [0.1, 0.15) is 31.2 Å². The van der Waals surface area contributed by atoms with Gasteiger partial charge in [0.05, 0.1) is 18.7 Å². The molecule has 0 bridgehead atoms. The van der Waals surface area contributed by atoms with E-state index in [2.05, 4.69) is 21.2 Å². The number of anilines is 1. The summed E-state index contributed by atoms with van der Waals surface area (Å²) in [5, 5.41) is 23.8. The molecule has 24 heavy (non-hydrogen) atoms. The fraction of sp³-hybridized carbons (Fsp3) is 0.647. The average molecular weight is 348 g/mol. The van der Waals surface area contributed by atoms with Gasteiger partial charge in [-0.2, -0.15) is 5.26 Å². The molecule has 2 aliphatic rings. The first-order valence-corrected chi connectivity index (χ1v) is 9.45. The first-order valence-electron chi connectivity index (χ1n) is 8.57. The van der Waals surface area contributed by atoms with E-state index in [1.807, 2.05) is 5.38 Å². The summed E-state index contributed by atoms with van der Waals surface area (Å²) >= 11 is 1.38. The van der Waals surface area contributed by atoms with Gasteiger partial charge in [-0.25, -0.2) is 0 Å². The van der Waals surface area contributed by atoms with Crippen LogP contribution in [-0.4, -0.2) is 65.7 Å². The van der Waals surface area contributed by atoms with Gasteiger partial charge in [0.15, 0.2) is 0 Å². The number of thiophene rings is 1. The van der Waals surface area contributed by atoms with Gasteiger partial charge in [0, 0.05) is 18.6 Å². The van der Waals surface area contributed by atoms with Crippen molar-refractivity contribution in [3.05, 3.63) is 17.0 Å².